The summed E-state index contributed by atoms with van der Waals surface area (Å²) >= 11 is 0. The smallest absolute Gasteiger partial charge is 0.246 e. The fourth-order valence-corrected chi connectivity index (χ4v) is 4.63. The molecule has 2 aliphatic heterocycles. The van der Waals surface area contributed by atoms with Gasteiger partial charge in [-0.15, -0.1) is 0 Å². The number of hydrogen-bond donors (Lipinski definition) is 0. The van der Waals surface area contributed by atoms with E-state index < -0.39 is 0 Å². The van der Waals surface area contributed by atoms with Gasteiger partial charge in [0.2, 0.25) is 5.91 Å². The Morgan fingerprint density at radius 1 is 1.03 bits per heavy atom. The van der Waals surface area contributed by atoms with Gasteiger partial charge in [0.1, 0.15) is 0 Å². The third-order valence-corrected chi connectivity index (χ3v) is 7.01. The van der Waals surface area contributed by atoms with E-state index in [1.807, 2.05) is 28.9 Å². The summed E-state index contributed by atoms with van der Waals surface area (Å²) < 4.78 is 0. The van der Waals surface area contributed by atoms with Gasteiger partial charge >= 0.3 is 0 Å². The first-order chi connectivity index (χ1) is 17.3. The maximum Gasteiger partial charge on any atom is 0.246 e. The summed E-state index contributed by atoms with van der Waals surface area (Å²) in [5, 5.41) is 0. The minimum Gasteiger partial charge on any atom is -0.339 e. The van der Waals surface area contributed by atoms with Crippen molar-refractivity contribution in [2.75, 3.05) is 32.7 Å². The number of aryl methyl sites for hydroxylation is 2. The molecule has 3 rings (SSSR count). The zero-order valence-electron chi connectivity index (χ0n) is 23.3. The number of carbonyl (C=O) groups excluding carboxylic acids is 2. The van der Waals surface area contributed by atoms with Crippen LogP contribution in [-0.2, 0) is 22.4 Å². The summed E-state index contributed by atoms with van der Waals surface area (Å²) in [6, 6.07) is 8.61. The average molecular weight is 494 g/mol. The lowest BCUT2D eigenvalue weighted by atomic mass is 10.0. The Kier molecular flexibility index (Phi) is 12.7. The summed E-state index contributed by atoms with van der Waals surface area (Å²) in [6.45, 7) is 18.6. The molecule has 0 saturated carbocycles. The largest absolute Gasteiger partial charge is 0.339 e. The van der Waals surface area contributed by atoms with Gasteiger partial charge in [-0.3, -0.25) is 14.5 Å². The van der Waals surface area contributed by atoms with Crippen molar-refractivity contribution in [3.8, 4) is 0 Å². The first-order valence-electron chi connectivity index (χ1n) is 13.8. The predicted octanol–water partition coefficient (Wildman–Crippen LogP) is 5.77. The van der Waals surface area contributed by atoms with Gasteiger partial charge in [0.05, 0.1) is 11.7 Å². The number of amides is 1. The molecule has 0 radical (unpaired) electrons. The maximum absolute atomic E-state index is 12.5. The van der Waals surface area contributed by atoms with Crippen molar-refractivity contribution in [3.05, 3.63) is 71.6 Å². The number of benzene rings is 1. The fourth-order valence-electron chi connectivity index (χ4n) is 4.63. The molecule has 198 valence electrons. The number of nitrogens with zero attached hydrogens (tertiary/aromatic N) is 3. The normalized spacial score (nSPS) is 18.6. The molecule has 1 amide bonds. The van der Waals surface area contributed by atoms with Gasteiger partial charge in [0, 0.05) is 38.3 Å². The zero-order chi connectivity index (χ0) is 26.5. The van der Waals surface area contributed by atoms with E-state index in [1.165, 1.54) is 30.4 Å². The third-order valence-electron chi connectivity index (χ3n) is 7.01. The second-order valence-electron chi connectivity index (χ2n) is 9.71. The number of ketones is 1. The number of unbranched alkanes of at least 4 members (excludes halogenated alkanes) is 1. The molecule has 2 fully saturated rings. The van der Waals surface area contributed by atoms with E-state index in [1.54, 1.807) is 13.0 Å². The molecule has 0 spiro atoms. The summed E-state index contributed by atoms with van der Waals surface area (Å²) in [7, 11) is 0. The summed E-state index contributed by atoms with van der Waals surface area (Å²) in [5.41, 5.74) is 4.55. The molecule has 0 N–H and O–H groups in total. The lowest BCUT2D eigenvalue weighted by Crippen LogP contribution is -2.52. The summed E-state index contributed by atoms with van der Waals surface area (Å²) in [5.74, 6) is 0.0757. The highest BCUT2D eigenvalue weighted by Gasteiger charge is 2.31. The Hall–Kier alpha value is -2.66. The molecule has 0 bridgehead atoms. The van der Waals surface area contributed by atoms with Crippen LogP contribution < -0.4 is 0 Å². The van der Waals surface area contributed by atoms with Crippen molar-refractivity contribution >= 4 is 11.7 Å². The average Bonchev–Trinajstić information content (AvgIpc) is 2.84. The van der Waals surface area contributed by atoms with Crippen LogP contribution in [0.15, 0.2) is 60.5 Å². The second-order valence-corrected chi connectivity index (χ2v) is 9.71. The monoisotopic (exact) mass is 493 g/mol. The van der Waals surface area contributed by atoms with Gasteiger partial charge in [0.25, 0.3) is 0 Å². The summed E-state index contributed by atoms with van der Waals surface area (Å²) in [6.07, 6.45) is 12.4. The topological polar surface area (TPSA) is 43.9 Å². The number of allylic oxidation sites excluding steroid dienone is 2. The highest BCUT2D eigenvalue weighted by Crippen LogP contribution is 2.25. The number of hydrogen-bond acceptors (Lipinski definition) is 4. The van der Waals surface area contributed by atoms with E-state index in [-0.39, 0.29) is 17.7 Å². The van der Waals surface area contributed by atoms with Gasteiger partial charge < -0.3 is 9.80 Å². The van der Waals surface area contributed by atoms with E-state index in [2.05, 4.69) is 56.5 Å². The molecule has 1 unspecified atom stereocenters. The van der Waals surface area contributed by atoms with Crippen LogP contribution in [-0.4, -0.2) is 65.2 Å². The first-order valence-corrected chi connectivity index (χ1v) is 13.8. The molecule has 0 aliphatic carbocycles. The standard InChI is InChI=1S/C20H31N3O2.C11H16/c1-5-6-9-19(18(4)24)22-14-15-23(17(3)16(22)2)20(25)10-7-11-21-12-8-13-21;1-3-7-11-9-6-5-8-10(11)4-2/h7,9-10,17H,2,5-6,8,11-15H2,1,3-4H3;5-6,8-9H,3-4,7H2,1-2H3/b10-7+,19-9-;. The molecule has 1 aromatic rings. The zero-order valence-corrected chi connectivity index (χ0v) is 23.3. The molecular formula is C31H47N3O2. The Balaban J connectivity index is 0.000000346. The Morgan fingerprint density at radius 3 is 2.28 bits per heavy atom. The number of likely N-dealkylation sites (tertiary alicyclic amines) is 1. The summed E-state index contributed by atoms with van der Waals surface area (Å²) in [4.78, 5) is 30.6. The van der Waals surface area contributed by atoms with E-state index in [9.17, 15) is 9.59 Å². The lowest BCUT2D eigenvalue weighted by Gasteiger charge is -2.42. The van der Waals surface area contributed by atoms with Crippen LogP contribution in [0.4, 0.5) is 0 Å². The van der Waals surface area contributed by atoms with Crippen LogP contribution in [0.1, 0.15) is 71.4 Å². The van der Waals surface area contributed by atoms with Crippen molar-refractivity contribution in [2.24, 2.45) is 0 Å². The maximum atomic E-state index is 12.5. The molecule has 5 heteroatoms. The Labute approximate surface area is 219 Å². The van der Waals surface area contributed by atoms with Gasteiger partial charge in [-0.25, -0.2) is 0 Å². The van der Waals surface area contributed by atoms with Crippen LogP contribution in [0.2, 0.25) is 0 Å². The molecule has 5 nitrogen and oxygen atoms in total. The Bertz CT molecular complexity index is 930. The van der Waals surface area contributed by atoms with E-state index in [0.717, 1.165) is 44.6 Å². The minimum atomic E-state index is -0.112. The van der Waals surface area contributed by atoms with Gasteiger partial charge in [-0.2, -0.15) is 0 Å². The van der Waals surface area contributed by atoms with Crippen LogP contribution in [0.5, 0.6) is 0 Å². The highest BCUT2D eigenvalue weighted by molar-refractivity contribution is 5.93. The SMILES string of the molecule is C=C1C(C)N(C(=O)/C=C/CN2CCC2)CCN1/C(=C\CCC)C(C)=O.CCCc1ccccc1CC. The van der Waals surface area contributed by atoms with Crippen molar-refractivity contribution in [2.45, 2.75) is 79.2 Å². The van der Waals surface area contributed by atoms with E-state index in [0.29, 0.717) is 18.8 Å². The van der Waals surface area contributed by atoms with Crippen molar-refractivity contribution in [1.29, 1.82) is 0 Å². The molecule has 1 aromatic carbocycles. The predicted molar refractivity (Wildman–Crippen MR) is 151 cm³/mol. The fraction of sp³-hybridized carbons (Fsp3) is 0.548. The number of rotatable bonds is 10. The molecular weight excluding hydrogens is 446 g/mol. The number of piperazine rings is 1. The van der Waals surface area contributed by atoms with Crippen molar-refractivity contribution < 1.29 is 9.59 Å². The highest BCUT2D eigenvalue weighted by atomic mass is 16.2. The number of Topliss-reactive ketones (excluding diaryl/α,β-unsaturated/α-hetero) is 1. The third kappa shape index (κ3) is 8.48. The van der Waals surface area contributed by atoms with Crippen LogP contribution in [0, 0.1) is 0 Å². The minimum absolute atomic E-state index is 0.0238. The first kappa shape index (κ1) is 29.6. The van der Waals surface area contributed by atoms with Gasteiger partial charge in [-0.1, -0.05) is 76.6 Å². The lowest BCUT2D eigenvalue weighted by molar-refractivity contribution is -0.128. The molecule has 1 atom stereocenters. The molecule has 36 heavy (non-hydrogen) atoms. The van der Waals surface area contributed by atoms with Crippen LogP contribution >= 0.6 is 0 Å². The molecule has 2 heterocycles. The molecule has 2 aliphatic rings. The van der Waals surface area contributed by atoms with Gasteiger partial charge in [-0.05, 0) is 56.8 Å². The quantitative estimate of drug-likeness (QED) is 0.388. The Morgan fingerprint density at radius 2 is 1.72 bits per heavy atom. The molecule has 0 aromatic heterocycles. The van der Waals surface area contributed by atoms with E-state index >= 15 is 0 Å². The van der Waals surface area contributed by atoms with E-state index in [4.69, 9.17) is 0 Å². The van der Waals surface area contributed by atoms with Crippen LogP contribution in [0.3, 0.4) is 0 Å². The van der Waals surface area contributed by atoms with Crippen LogP contribution in [0.25, 0.3) is 0 Å². The van der Waals surface area contributed by atoms with Gasteiger partial charge in [0.15, 0.2) is 5.78 Å². The molecule has 2 saturated heterocycles. The second kappa shape index (κ2) is 15.5. The van der Waals surface area contributed by atoms with Crippen molar-refractivity contribution in [3.63, 3.8) is 0 Å². The number of carbonyl (C=O) groups is 2. The van der Waals surface area contributed by atoms with Crippen molar-refractivity contribution in [1.82, 2.24) is 14.7 Å².